The van der Waals surface area contributed by atoms with Crippen LogP contribution in [0.4, 0.5) is 5.69 Å². The number of rotatable bonds is 5. The lowest BCUT2D eigenvalue weighted by Crippen LogP contribution is -2.04. The van der Waals surface area contributed by atoms with E-state index in [1.807, 2.05) is 36.4 Å². The molecule has 0 aliphatic heterocycles. The van der Waals surface area contributed by atoms with Gasteiger partial charge in [0, 0.05) is 5.70 Å². The molecule has 0 unspecified atom stereocenters. The monoisotopic (exact) mass is 347 g/mol. The van der Waals surface area contributed by atoms with Crippen LogP contribution in [0, 0.1) is 0 Å². The Kier molecular flexibility index (Phi) is 5.57. The predicted molar refractivity (Wildman–Crippen MR) is 110 cm³/mol. The molecule has 1 N–H and O–H groups in total. The maximum Gasteiger partial charge on any atom is 0.0647 e. The van der Waals surface area contributed by atoms with E-state index in [9.17, 15) is 0 Å². The van der Waals surface area contributed by atoms with Crippen molar-refractivity contribution >= 4 is 17.3 Å². The Morgan fingerprint density at radius 3 is 2.48 bits per heavy atom. The average Bonchev–Trinajstić information content (AvgIpc) is 2.65. The normalized spacial score (nSPS) is 14.6. The van der Waals surface area contributed by atoms with Crippen LogP contribution in [-0.4, -0.2) is 0 Å². The van der Waals surface area contributed by atoms with Gasteiger partial charge in [0.05, 0.1) is 10.7 Å². The van der Waals surface area contributed by atoms with Crippen LogP contribution in [-0.2, 0) is 0 Å². The average molecular weight is 348 g/mol. The van der Waals surface area contributed by atoms with Crippen LogP contribution in [0.5, 0.6) is 0 Å². The van der Waals surface area contributed by atoms with Crippen molar-refractivity contribution in [3.05, 3.63) is 101 Å². The van der Waals surface area contributed by atoms with Gasteiger partial charge in [0.1, 0.15) is 0 Å². The van der Waals surface area contributed by atoms with Gasteiger partial charge in [-0.15, -0.1) is 0 Å². The zero-order chi connectivity index (χ0) is 17.6. The van der Waals surface area contributed by atoms with Crippen molar-refractivity contribution < 1.29 is 0 Å². The second kappa shape index (κ2) is 8.04. The molecule has 0 amide bonds. The molecule has 1 aliphatic carbocycles. The first-order chi connectivity index (χ1) is 12.2. The third-order valence-electron chi connectivity index (χ3n) is 4.40. The zero-order valence-electron chi connectivity index (χ0n) is 14.4. The Morgan fingerprint density at radius 1 is 1.04 bits per heavy atom. The Labute approximate surface area is 155 Å². The lowest BCUT2D eigenvalue weighted by atomic mass is 9.96. The van der Waals surface area contributed by atoms with Gasteiger partial charge in [0.2, 0.25) is 0 Å². The molecule has 126 valence electrons. The van der Waals surface area contributed by atoms with E-state index in [-0.39, 0.29) is 0 Å². The van der Waals surface area contributed by atoms with E-state index in [2.05, 4.69) is 55.2 Å². The molecule has 1 nitrogen and oxygen atoms in total. The molecule has 2 heteroatoms. The first kappa shape index (κ1) is 17.3. The van der Waals surface area contributed by atoms with E-state index in [0.29, 0.717) is 0 Å². The van der Waals surface area contributed by atoms with E-state index in [0.717, 1.165) is 29.1 Å². The number of nitrogens with one attached hydrogen (secondary N) is 1. The van der Waals surface area contributed by atoms with Crippen molar-refractivity contribution in [3.63, 3.8) is 0 Å². The fourth-order valence-electron chi connectivity index (χ4n) is 2.95. The van der Waals surface area contributed by atoms with E-state index >= 15 is 0 Å². The first-order valence-corrected chi connectivity index (χ1v) is 8.86. The van der Waals surface area contributed by atoms with Crippen molar-refractivity contribution in [2.24, 2.45) is 0 Å². The van der Waals surface area contributed by atoms with E-state index in [1.165, 1.54) is 22.4 Å². The zero-order valence-corrected chi connectivity index (χ0v) is 15.2. The summed E-state index contributed by atoms with van der Waals surface area (Å²) in [6.07, 6.45) is 10.2. The van der Waals surface area contributed by atoms with Crippen LogP contribution in [0.3, 0.4) is 0 Å². The lowest BCUT2D eigenvalue weighted by Gasteiger charge is -2.18. The van der Waals surface area contributed by atoms with Gasteiger partial charge in [-0.2, -0.15) is 0 Å². The molecule has 0 fully saturated rings. The predicted octanol–water partition coefficient (Wildman–Crippen LogP) is 7.16. The summed E-state index contributed by atoms with van der Waals surface area (Å²) in [6, 6.07) is 16.4. The van der Waals surface area contributed by atoms with Crippen LogP contribution < -0.4 is 5.32 Å². The van der Waals surface area contributed by atoms with Crippen molar-refractivity contribution in [1.82, 2.24) is 0 Å². The summed E-state index contributed by atoms with van der Waals surface area (Å²) in [4.78, 5) is 0. The number of benzene rings is 2. The molecule has 0 spiro atoms. The van der Waals surface area contributed by atoms with Crippen molar-refractivity contribution in [1.29, 1.82) is 0 Å². The van der Waals surface area contributed by atoms with Gasteiger partial charge in [-0.3, -0.25) is 0 Å². The summed E-state index contributed by atoms with van der Waals surface area (Å²) in [5.41, 5.74) is 7.06. The van der Waals surface area contributed by atoms with Gasteiger partial charge in [-0.25, -0.2) is 0 Å². The van der Waals surface area contributed by atoms with E-state index in [1.54, 1.807) is 0 Å². The van der Waals surface area contributed by atoms with Crippen LogP contribution in [0.2, 0.25) is 5.02 Å². The van der Waals surface area contributed by atoms with Gasteiger partial charge < -0.3 is 5.32 Å². The second-order valence-electron chi connectivity index (χ2n) is 6.15. The number of hydrogen-bond donors (Lipinski definition) is 1. The molecule has 0 bridgehead atoms. The molecule has 3 rings (SSSR count). The van der Waals surface area contributed by atoms with Gasteiger partial charge in [-0.05, 0) is 60.2 Å². The van der Waals surface area contributed by atoms with Crippen LogP contribution >= 0.6 is 11.6 Å². The molecule has 0 radical (unpaired) electrons. The lowest BCUT2D eigenvalue weighted by molar-refractivity contribution is 0.916. The fourth-order valence-corrected chi connectivity index (χ4v) is 3.18. The SMILES string of the molecule is C=C/C=C(\C)C1=CC=C(Nc2ccc(-c3ccccc3)cc2Cl)CC1. The molecule has 0 saturated heterocycles. The summed E-state index contributed by atoms with van der Waals surface area (Å²) in [7, 11) is 0. The highest BCUT2D eigenvalue weighted by Gasteiger charge is 2.10. The number of anilines is 1. The van der Waals surface area contributed by atoms with Crippen molar-refractivity contribution in [2.45, 2.75) is 19.8 Å². The third kappa shape index (κ3) is 4.32. The minimum Gasteiger partial charge on any atom is -0.358 e. The summed E-state index contributed by atoms with van der Waals surface area (Å²) < 4.78 is 0. The highest BCUT2D eigenvalue weighted by atomic mass is 35.5. The molecular weight excluding hydrogens is 326 g/mol. The Balaban J connectivity index is 1.76. The standard InChI is InChI=1S/C23H22ClN/c1-3-7-17(2)18-10-13-21(14-11-18)25-23-15-12-20(16-22(23)24)19-8-5-4-6-9-19/h3-10,12-13,15-16,25H,1,11,14H2,2H3/b17-7+. The van der Waals surface area contributed by atoms with Crippen LogP contribution in [0.15, 0.2) is 96.3 Å². The van der Waals surface area contributed by atoms with Crippen LogP contribution in [0.1, 0.15) is 19.8 Å². The largest absolute Gasteiger partial charge is 0.358 e. The topological polar surface area (TPSA) is 12.0 Å². The molecule has 0 aromatic heterocycles. The highest BCUT2D eigenvalue weighted by Crippen LogP contribution is 2.31. The molecular formula is C23H22ClN. The Bertz CT molecular complexity index is 857. The van der Waals surface area contributed by atoms with Gasteiger partial charge in [0.15, 0.2) is 0 Å². The quantitative estimate of drug-likeness (QED) is 0.566. The van der Waals surface area contributed by atoms with Crippen molar-refractivity contribution in [2.75, 3.05) is 5.32 Å². The van der Waals surface area contributed by atoms with Crippen molar-refractivity contribution in [3.8, 4) is 11.1 Å². The third-order valence-corrected chi connectivity index (χ3v) is 4.71. The maximum atomic E-state index is 6.49. The smallest absolute Gasteiger partial charge is 0.0647 e. The highest BCUT2D eigenvalue weighted by molar-refractivity contribution is 6.33. The molecule has 0 heterocycles. The summed E-state index contributed by atoms with van der Waals surface area (Å²) in [5, 5.41) is 4.20. The molecule has 0 saturated carbocycles. The molecule has 2 aromatic rings. The number of halogens is 1. The molecule has 1 aliphatic rings. The maximum absolute atomic E-state index is 6.49. The van der Waals surface area contributed by atoms with E-state index < -0.39 is 0 Å². The van der Waals surface area contributed by atoms with Gasteiger partial charge >= 0.3 is 0 Å². The fraction of sp³-hybridized carbons (Fsp3) is 0.130. The summed E-state index contributed by atoms with van der Waals surface area (Å²) in [5.74, 6) is 0. The molecule has 25 heavy (non-hydrogen) atoms. The Hall–Kier alpha value is -2.51. The molecule has 0 atom stereocenters. The number of allylic oxidation sites excluding steroid dienone is 7. The second-order valence-corrected chi connectivity index (χ2v) is 6.56. The van der Waals surface area contributed by atoms with Gasteiger partial charge in [-0.1, -0.05) is 72.8 Å². The minimum absolute atomic E-state index is 0.736. The van der Waals surface area contributed by atoms with E-state index in [4.69, 9.17) is 11.6 Å². The summed E-state index contributed by atoms with van der Waals surface area (Å²) in [6.45, 7) is 5.88. The van der Waals surface area contributed by atoms with Crippen LogP contribution in [0.25, 0.3) is 11.1 Å². The number of hydrogen-bond acceptors (Lipinski definition) is 1. The molecule has 2 aromatic carbocycles. The minimum atomic E-state index is 0.736. The van der Waals surface area contributed by atoms with Gasteiger partial charge in [0.25, 0.3) is 0 Å². The first-order valence-electron chi connectivity index (χ1n) is 8.49. The summed E-state index contributed by atoms with van der Waals surface area (Å²) >= 11 is 6.49. The Morgan fingerprint density at radius 2 is 1.84 bits per heavy atom.